The van der Waals surface area contributed by atoms with E-state index in [4.69, 9.17) is 0 Å². The summed E-state index contributed by atoms with van der Waals surface area (Å²) in [7, 11) is 0. The normalized spacial score (nSPS) is 32.5. The van der Waals surface area contributed by atoms with Gasteiger partial charge in [0.2, 0.25) is 11.8 Å². The first-order valence-corrected chi connectivity index (χ1v) is 11.2. The lowest BCUT2D eigenvalue weighted by Gasteiger charge is -2.55. The third-order valence-electron chi connectivity index (χ3n) is 6.86. The molecule has 4 saturated carbocycles. The van der Waals surface area contributed by atoms with Gasteiger partial charge in [0.15, 0.2) is 0 Å². The fourth-order valence-corrected chi connectivity index (χ4v) is 6.72. The standard InChI is InChI=1S/C21H31N3O2S/c1-12(2)18(19(25)23-11-17-10-22-13(3)27-17)24-20(26)21-7-14-4-15(8-21)6-16(5-14)9-21/h10,12,14-16,18H,4-9,11H2,1-3H3,(H,23,25)(H,24,26). The number of carbonyl (C=O) groups excluding carboxylic acids is 2. The predicted octanol–water partition coefficient (Wildman–Crippen LogP) is 3.42. The number of amides is 2. The number of hydrogen-bond donors (Lipinski definition) is 2. The van der Waals surface area contributed by atoms with Crippen LogP contribution in [0, 0.1) is 36.0 Å². The van der Waals surface area contributed by atoms with Crippen LogP contribution in [0.5, 0.6) is 0 Å². The van der Waals surface area contributed by atoms with Gasteiger partial charge >= 0.3 is 0 Å². The molecule has 1 aromatic heterocycles. The van der Waals surface area contributed by atoms with Crippen molar-refractivity contribution in [3.63, 3.8) is 0 Å². The van der Waals surface area contributed by atoms with Crippen molar-refractivity contribution in [2.24, 2.45) is 29.1 Å². The van der Waals surface area contributed by atoms with Gasteiger partial charge in [-0.15, -0.1) is 11.3 Å². The summed E-state index contributed by atoms with van der Waals surface area (Å²) in [5.74, 6) is 2.28. The summed E-state index contributed by atoms with van der Waals surface area (Å²) in [6.45, 7) is 6.43. The minimum Gasteiger partial charge on any atom is -0.349 e. The van der Waals surface area contributed by atoms with Crippen molar-refractivity contribution in [2.75, 3.05) is 0 Å². The lowest BCUT2D eigenvalue weighted by atomic mass is 9.49. The van der Waals surface area contributed by atoms with Gasteiger partial charge in [-0.2, -0.15) is 0 Å². The zero-order chi connectivity index (χ0) is 19.2. The molecule has 0 spiro atoms. The first-order chi connectivity index (χ1) is 12.8. The van der Waals surface area contributed by atoms with E-state index in [2.05, 4.69) is 15.6 Å². The summed E-state index contributed by atoms with van der Waals surface area (Å²) in [6, 6.07) is -0.473. The Morgan fingerprint density at radius 3 is 2.26 bits per heavy atom. The first-order valence-electron chi connectivity index (χ1n) is 10.3. The Bertz CT molecular complexity index is 691. The van der Waals surface area contributed by atoms with Gasteiger partial charge in [0.05, 0.1) is 11.6 Å². The topological polar surface area (TPSA) is 71.1 Å². The number of hydrogen-bond acceptors (Lipinski definition) is 4. The van der Waals surface area contributed by atoms with Gasteiger partial charge in [-0.3, -0.25) is 9.59 Å². The highest BCUT2D eigenvalue weighted by Gasteiger charge is 2.55. The SMILES string of the molecule is Cc1ncc(CNC(=O)C(NC(=O)C23CC4CC(CC(C4)C2)C3)C(C)C)s1. The molecule has 0 radical (unpaired) electrons. The maximum Gasteiger partial charge on any atom is 0.243 e. The van der Waals surface area contributed by atoms with Crippen LogP contribution in [0.15, 0.2) is 6.20 Å². The fourth-order valence-electron chi connectivity index (χ4n) is 5.99. The van der Waals surface area contributed by atoms with Gasteiger partial charge in [-0.05, 0) is 69.1 Å². The maximum absolute atomic E-state index is 13.3. The average Bonchev–Trinajstić information content (AvgIpc) is 3.01. The second kappa shape index (κ2) is 7.19. The predicted molar refractivity (Wildman–Crippen MR) is 106 cm³/mol. The molecule has 6 heteroatoms. The molecule has 0 aliphatic heterocycles. The van der Waals surface area contributed by atoms with Crippen molar-refractivity contribution in [3.8, 4) is 0 Å². The van der Waals surface area contributed by atoms with Crippen molar-refractivity contribution < 1.29 is 9.59 Å². The smallest absolute Gasteiger partial charge is 0.243 e. The number of aromatic nitrogens is 1. The van der Waals surface area contributed by atoms with Gasteiger partial charge < -0.3 is 10.6 Å². The van der Waals surface area contributed by atoms with Crippen LogP contribution in [0.3, 0.4) is 0 Å². The third kappa shape index (κ3) is 3.78. The van der Waals surface area contributed by atoms with Crippen molar-refractivity contribution in [2.45, 2.75) is 71.9 Å². The van der Waals surface area contributed by atoms with Gasteiger partial charge in [0.1, 0.15) is 6.04 Å². The van der Waals surface area contributed by atoms with Crippen LogP contribution in [0.1, 0.15) is 62.3 Å². The van der Waals surface area contributed by atoms with Crippen LogP contribution in [-0.4, -0.2) is 22.8 Å². The van der Waals surface area contributed by atoms with E-state index in [1.54, 1.807) is 17.5 Å². The van der Waals surface area contributed by atoms with E-state index >= 15 is 0 Å². The van der Waals surface area contributed by atoms with Crippen LogP contribution in [-0.2, 0) is 16.1 Å². The molecule has 4 aliphatic carbocycles. The molecule has 5 nitrogen and oxygen atoms in total. The lowest BCUT2D eigenvalue weighted by Crippen LogP contribution is -2.58. The van der Waals surface area contributed by atoms with E-state index in [0.717, 1.165) is 46.9 Å². The van der Waals surface area contributed by atoms with Crippen LogP contribution in [0.4, 0.5) is 0 Å². The van der Waals surface area contributed by atoms with Crippen molar-refractivity contribution >= 4 is 23.2 Å². The van der Waals surface area contributed by atoms with E-state index < -0.39 is 6.04 Å². The molecule has 1 aromatic rings. The number of nitrogens with zero attached hydrogens (tertiary/aromatic N) is 1. The Hall–Kier alpha value is -1.43. The van der Waals surface area contributed by atoms with Crippen LogP contribution in [0.25, 0.3) is 0 Å². The molecule has 4 fully saturated rings. The Kier molecular flexibility index (Phi) is 5.04. The molecule has 1 heterocycles. The number of nitrogens with one attached hydrogen (secondary N) is 2. The summed E-state index contributed by atoms with van der Waals surface area (Å²) in [6.07, 6.45) is 8.82. The summed E-state index contributed by atoms with van der Waals surface area (Å²) < 4.78 is 0. The van der Waals surface area contributed by atoms with E-state index in [-0.39, 0.29) is 23.1 Å². The zero-order valence-electron chi connectivity index (χ0n) is 16.6. The van der Waals surface area contributed by atoms with Gasteiger partial charge in [0, 0.05) is 16.5 Å². The van der Waals surface area contributed by atoms with E-state index in [1.165, 1.54) is 19.3 Å². The molecule has 5 rings (SSSR count). The first kappa shape index (κ1) is 18.9. The van der Waals surface area contributed by atoms with Gasteiger partial charge in [-0.25, -0.2) is 4.98 Å². The molecule has 2 N–H and O–H groups in total. The lowest BCUT2D eigenvalue weighted by molar-refractivity contribution is -0.149. The minimum atomic E-state index is -0.473. The molecule has 0 saturated heterocycles. The number of rotatable bonds is 6. The summed E-state index contributed by atoms with van der Waals surface area (Å²) in [4.78, 5) is 31.3. The summed E-state index contributed by atoms with van der Waals surface area (Å²) in [5.41, 5.74) is -0.211. The van der Waals surface area contributed by atoms with E-state index in [1.807, 2.05) is 20.8 Å². The highest BCUT2D eigenvalue weighted by atomic mass is 32.1. The number of carbonyl (C=O) groups is 2. The average molecular weight is 390 g/mol. The highest BCUT2D eigenvalue weighted by Crippen LogP contribution is 2.60. The van der Waals surface area contributed by atoms with Gasteiger partial charge in [0.25, 0.3) is 0 Å². The Labute approximate surface area is 165 Å². The molecular formula is C21H31N3O2S. The molecule has 1 unspecified atom stereocenters. The largest absolute Gasteiger partial charge is 0.349 e. The fraction of sp³-hybridized carbons (Fsp3) is 0.762. The van der Waals surface area contributed by atoms with Crippen LogP contribution in [0.2, 0.25) is 0 Å². The number of thiazole rings is 1. The van der Waals surface area contributed by atoms with Crippen LogP contribution >= 0.6 is 11.3 Å². The molecule has 148 valence electrons. The Balaban J connectivity index is 1.40. The summed E-state index contributed by atoms with van der Waals surface area (Å²) in [5, 5.41) is 7.14. The quantitative estimate of drug-likeness (QED) is 0.783. The molecule has 4 aliphatic rings. The number of aryl methyl sites for hydroxylation is 1. The van der Waals surface area contributed by atoms with Crippen molar-refractivity contribution in [1.82, 2.24) is 15.6 Å². The minimum absolute atomic E-state index is 0.0612. The molecule has 0 aromatic carbocycles. The Morgan fingerprint density at radius 1 is 1.19 bits per heavy atom. The van der Waals surface area contributed by atoms with Crippen molar-refractivity contribution in [3.05, 3.63) is 16.1 Å². The van der Waals surface area contributed by atoms with E-state index in [9.17, 15) is 9.59 Å². The Morgan fingerprint density at radius 2 is 1.78 bits per heavy atom. The van der Waals surface area contributed by atoms with Gasteiger partial charge in [-0.1, -0.05) is 13.8 Å². The van der Waals surface area contributed by atoms with Crippen molar-refractivity contribution in [1.29, 1.82) is 0 Å². The van der Waals surface area contributed by atoms with Crippen LogP contribution < -0.4 is 10.6 Å². The highest BCUT2D eigenvalue weighted by molar-refractivity contribution is 7.11. The molecule has 2 amide bonds. The molecule has 4 bridgehead atoms. The second-order valence-corrected chi connectivity index (χ2v) is 10.8. The molecular weight excluding hydrogens is 358 g/mol. The van der Waals surface area contributed by atoms with E-state index in [0.29, 0.717) is 6.54 Å². The molecule has 27 heavy (non-hydrogen) atoms. The third-order valence-corrected chi connectivity index (χ3v) is 7.77. The molecule has 1 atom stereocenters. The maximum atomic E-state index is 13.3. The monoisotopic (exact) mass is 389 g/mol. The summed E-state index contributed by atoms with van der Waals surface area (Å²) >= 11 is 1.59. The second-order valence-electron chi connectivity index (χ2n) is 9.46. The zero-order valence-corrected chi connectivity index (χ0v) is 17.4.